The van der Waals surface area contributed by atoms with Crippen LogP contribution in [-0.4, -0.2) is 81.0 Å². The van der Waals surface area contributed by atoms with E-state index in [2.05, 4.69) is 14.5 Å². The van der Waals surface area contributed by atoms with E-state index in [4.69, 9.17) is 14.2 Å². The van der Waals surface area contributed by atoms with Gasteiger partial charge in [0.1, 0.15) is 0 Å². The van der Waals surface area contributed by atoms with Gasteiger partial charge >= 0.3 is 17.9 Å². The molecule has 12 heteroatoms. The fraction of sp³-hybridized carbons (Fsp3) is 0.848. The van der Waals surface area contributed by atoms with Crippen LogP contribution in [0.5, 0.6) is 0 Å². The van der Waals surface area contributed by atoms with Crippen molar-refractivity contribution in [3.8, 4) is 0 Å². The number of hydrogen-bond donors (Lipinski definition) is 0. The van der Waals surface area contributed by atoms with Gasteiger partial charge in [0, 0.05) is 30.7 Å². The predicted molar refractivity (Wildman–Crippen MR) is 171 cm³/mol. The monoisotopic (exact) mass is 649 g/mol. The van der Waals surface area contributed by atoms with E-state index in [9.17, 15) is 24.0 Å². The minimum absolute atomic E-state index is 0. The SMILES string of the molecule is C.C.C.C.CC1C(=O)N(C2CCC(C(=O)OC3CCCCO3)CC2)C(=O)C1C.COOCCCOC(=O)C(C)C(C)C(=O)OC. The van der Waals surface area contributed by atoms with Crippen molar-refractivity contribution in [2.75, 3.05) is 34.0 Å². The molecule has 2 saturated heterocycles. The Hall–Kier alpha value is -2.57. The highest BCUT2D eigenvalue weighted by molar-refractivity contribution is 6.05. The van der Waals surface area contributed by atoms with Gasteiger partial charge in [0.25, 0.3) is 0 Å². The zero-order chi connectivity index (χ0) is 30.5. The molecule has 1 aliphatic carbocycles. The highest BCUT2D eigenvalue weighted by atomic mass is 17.2. The standard InChI is InChI=1S/C18H27NO5.C11H20O6.4CH4/c1-11-12(2)17(21)19(16(11)20)14-8-6-13(7-9-14)18(22)24-15-5-3-4-10-23-15;1-8(10(12)14-3)9(2)11(13)16-6-5-7-17-15-4;;;;/h11-15H,3-10H2,1-2H3;8-9H,5-7H2,1-4H3;4*1H4. The van der Waals surface area contributed by atoms with Gasteiger partial charge in [0.05, 0.1) is 51.8 Å². The highest BCUT2D eigenvalue weighted by Crippen LogP contribution is 2.35. The molecule has 3 fully saturated rings. The fourth-order valence-corrected chi connectivity index (χ4v) is 5.03. The van der Waals surface area contributed by atoms with Crippen LogP contribution < -0.4 is 0 Å². The molecule has 0 aromatic carbocycles. The van der Waals surface area contributed by atoms with E-state index < -0.39 is 30.1 Å². The maximum atomic E-state index is 12.3. The van der Waals surface area contributed by atoms with Crippen molar-refractivity contribution in [1.29, 1.82) is 0 Å². The molecule has 2 amide bonds. The summed E-state index contributed by atoms with van der Waals surface area (Å²) in [5, 5.41) is 0. The third-order valence-electron chi connectivity index (χ3n) is 8.21. The molecular formula is C33H63NO11. The summed E-state index contributed by atoms with van der Waals surface area (Å²) in [5.41, 5.74) is 0. The van der Waals surface area contributed by atoms with Crippen molar-refractivity contribution in [1.82, 2.24) is 4.90 Å². The summed E-state index contributed by atoms with van der Waals surface area (Å²) in [6, 6.07) is -0.0626. The Morgan fingerprint density at radius 1 is 0.822 bits per heavy atom. The van der Waals surface area contributed by atoms with Crippen molar-refractivity contribution in [2.24, 2.45) is 29.6 Å². The number of amides is 2. The Labute approximate surface area is 272 Å². The first kappa shape index (κ1) is 46.8. The fourth-order valence-electron chi connectivity index (χ4n) is 5.03. The van der Waals surface area contributed by atoms with Crippen LogP contribution in [0.15, 0.2) is 0 Å². The molecule has 12 nitrogen and oxygen atoms in total. The zero-order valence-electron chi connectivity index (χ0n) is 25.3. The first-order valence-corrected chi connectivity index (χ1v) is 14.6. The molecule has 3 rings (SSSR count). The number of esters is 3. The Morgan fingerprint density at radius 3 is 1.87 bits per heavy atom. The zero-order valence-corrected chi connectivity index (χ0v) is 25.3. The molecule has 5 unspecified atom stereocenters. The molecule has 0 bridgehead atoms. The second-order valence-electron chi connectivity index (χ2n) is 11.0. The second-order valence-corrected chi connectivity index (χ2v) is 11.0. The second kappa shape index (κ2) is 23.7. The van der Waals surface area contributed by atoms with Crippen LogP contribution in [0.2, 0.25) is 0 Å². The van der Waals surface area contributed by atoms with Gasteiger partial charge in [-0.1, -0.05) is 57.4 Å². The normalized spacial score (nSPS) is 25.3. The number of imide groups is 1. The minimum Gasteiger partial charge on any atom is -0.469 e. The maximum Gasteiger partial charge on any atom is 0.311 e. The summed E-state index contributed by atoms with van der Waals surface area (Å²) in [6.07, 6.45) is 5.66. The number of hydrogen-bond acceptors (Lipinski definition) is 11. The van der Waals surface area contributed by atoms with Gasteiger partial charge in [-0.25, -0.2) is 9.78 Å². The first-order chi connectivity index (χ1) is 19.5. The summed E-state index contributed by atoms with van der Waals surface area (Å²) < 4.78 is 20.5. The number of nitrogens with zero attached hydrogens (tertiary/aromatic N) is 1. The molecule has 0 radical (unpaired) electrons. The van der Waals surface area contributed by atoms with Gasteiger partial charge in [0.15, 0.2) is 0 Å². The average Bonchev–Trinajstić information content (AvgIpc) is 3.18. The Bertz CT molecular complexity index is 862. The molecule has 1 saturated carbocycles. The molecule has 5 atom stereocenters. The lowest BCUT2D eigenvalue weighted by molar-refractivity contribution is -0.273. The van der Waals surface area contributed by atoms with E-state index in [1.165, 1.54) is 19.1 Å². The largest absolute Gasteiger partial charge is 0.469 e. The summed E-state index contributed by atoms with van der Waals surface area (Å²) in [5.74, 6) is -2.79. The van der Waals surface area contributed by atoms with E-state index >= 15 is 0 Å². The molecule has 2 aliphatic heterocycles. The van der Waals surface area contributed by atoms with Gasteiger partial charge in [-0.2, -0.15) is 0 Å². The van der Waals surface area contributed by atoms with Gasteiger partial charge in [-0.05, 0) is 38.5 Å². The van der Waals surface area contributed by atoms with Crippen molar-refractivity contribution in [3.05, 3.63) is 0 Å². The molecular weight excluding hydrogens is 586 g/mol. The van der Waals surface area contributed by atoms with Crippen LogP contribution in [-0.2, 0) is 52.7 Å². The number of carbonyl (C=O) groups excluding carboxylic acids is 5. The van der Waals surface area contributed by atoms with Crippen molar-refractivity contribution in [2.45, 2.75) is 121 Å². The smallest absolute Gasteiger partial charge is 0.311 e. The van der Waals surface area contributed by atoms with Crippen molar-refractivity contribution < 1.29 is 52.7 Å². The first-order valence-electron chi connectivity index (χ1n) is 14.6. The lowest BCUT2D eigenvalue weighted by Crippen LogP contribution is -2.43. The van der Waals surface area contributed by atoms with E-state index in [0.29, 0.717) is 45.3 Å². The molecule has 0 aromatic heterocycles. The molecule has 2 heterocycles. The third-order valence-corrected chi connectivity index (χ3v) is 8.21. The Morgan fingerprint density at radius 2 is 1.38 bits per heavy atom. The van der Waals surface area contributed by atoms with Crippen LogP contribution in [0.4, 0.5) is 0 Å². The molecule has 45 heavy (non-hydrogen) atoms. The summed E-state index contributed by atoms with van der Waals surface area (Å²) in [6.45, 7) is 8.14. The minimum atomic E-state index is -0.522. The molecule has 3 aliphatic rings. The molecule has 0 spiro atoms. The van der Waals surface area contributed by atoms with Crippen molar-refractivity contribution >= 4 is 29.7 Å². The van der Waals surface area contributed by atoms with Crippen LogP contribution in [0, 0.1) is 29.6 Å². The number of likely N-dealkylation sites (tertiary alicyclic amines) is 1. The van der Waals surface area contributed by atoms with Gasteiger partial charge in [-0.15, -0.1) is 0 Å². The number of methoxy groups -OCH3 is 1. The maximum absolute atomic E-state index is 12.3. The predicted octanol–water partition coefficient (Wildman–Crippen LogP) is 5.74. The van der Waals surface area contributed by atoms with Crippen molar-refractivity contribution in [3.63, 3.8) is 0 Å². The highest BCUT2D eigenvalue weighted by Gasteiger charge is 2.46. The van der Waals surface area contributed by atoms with Gasteiger partial charge in [0.2, 0.25) is 18.1 Å². The van der Waals surface area contributed by atoms with Crippen LogP contribution in [0.3, 0.4) is 0 Å². The third kappa shape index (κ3) is 13.8. The number of ether oxygens (including phenoxy) is 4. The average molecular weight is 650 g/mol. The van der Waals surface area contributed by atoms with Gasteiger partial charge in [-0.3, -0.25) is 28.9 Å². The molecule has 0 N–H and O–H groups in total. The van der Waals surface area contributed by atoms with E-state index in [0.717, 1.165) is 19.3 Å². The van der Waals surface area contributed by atoms with E-state index in [1.807, 2.05) is 13.8 Å². The van der Waals surface area contributed by atoms with E-state index in [-0.39, 0.29) is 77.9 Å². The quantitative estimate of drug-likeness (QED) is 0.0674. The Kier molecular flexibility index (Phi) is 24.7. The summed E-state index contributed by atoms with van der Waals surface area (Å²) >= 11 is 0. The molecule has 266 valence electrons. The lowest BCUT2D eigenvalue weighted by Gasteiger charge is -2.33. The lowest BCUT2D eigenvalue weighted by atomic mass is 9.85. The van der Waals surface area contributed by atoms with Crippen LogP contribution in [0.1, 0.15) is 109 Å². The summed E-state index contributed by atoms with van der Waals surface area (Å²) in [4.78, 5) is 70.1. The van der Waals surface area contributed by atoms with Crippen LogP contribution >= 0.6 is 0 Å². The Balaban J connectivity index is -0.000000760. The molecule has 0 aromatic rings. The number of rotatable bonds is 11. The number of carbonyl (C=O) groups is 5. The van der Waals surface area contributed by atoms with Gasteiger partial charge < -0.3 is 18.9 Å². The van der Waals surface area contributed by atoms with E-state index in [1.54, 1.807) is 13.8 Å². The summed E-state index contributed by atoms with van der Waals surface area (Å²) in [7, 11) is 2.70. The topological polar surface area (TPSA) is 144 Å². The van der Waals surface area contributed by atoms with Crippen LogP contribution in [0.25, 0.3) is 0 Å².